The third-order valence-corrected chi connectivity index (χ3v) is 5.46. The molecule has 1 amide bonds. The van der Waals surface area contributed by atoms with Crippen molar-refractivity contribution in [2.75, 3.05) is 6.61 Å². The summed E-state index contributed by atoms with van der Waals surface area (Å²) in [5, 5.41) is 0. The molecule has 34 heavy (non-hydrogen) atoms. The number of primary amides is 1. The van der Waals surface area contributed by atoms with Crippen LogP contribution in [0.3, 0.4) is 0 Å². The lowest BCUT2D eigenvalue weighted by atomic mass is 10.1. The van der Waals surface area contributed by atoms with Crippen LogP contribution in [0, 0.1) is 19.7 Å². The second-order valence-corrected chi connectivity index (χ2v) is 7.69. The maximum atomic E-state index is 14.5. The van der Waals surface area contributed by atoms with Crippen molar-refractivity contribution in [3.05, 3.63) is 75.6 Å². The summed E-state index contributed by atoms with van der Waals surface area (Å²) in [6, 6.07) is 11.1. The number of halogens is 1. The molecule has 2 heterocycles. The Kier molecular flexibility index (Phi) is 5.97. The van der Waals surface area contributed by atoms with E-state index < -0.39 is 29.9 Å². The minimum atomic E-state index is -0.958. The maximum Gasteiger partial charge on any atom is 0.335 e. The van der Waals surface area contributed by atoms with E-state index >= 15 is 0 Å². The molecular formula is C24H22FN5O4. The van der Waals surface area contributed by atoms with E-state index in [0.717, 1.165) is 15.7 Å². The van der Waals surface area contributed by atoms with Crippen molar-refractivity contribution in [2.45, 2.75) is 27.3 Å². The first-order chi connectivity index (χ1) is 16.2. The highest BCUT2D eigenvalue weighted by molar-refractivity contribution is 6.02. The zero-order valence-corrected chi connectivity index (χ0v) is 18.8. The maximum absolute atomic E-state index is 14.5. The van der Waals surface area contributed by atoms with Crippen LogP contribution >= 0.6 is 0 Å². The Morgan fingerprint density at radius 2 is 1.82 bits per heavy atom. The van der Waals surface area contributed by atoms with Gasteiger partial charge in [0.2, 0.25) is 0 Å². The summed E-state index contributed by atoms with van der Waals surface area (Å²) < 4.78 is 21.8. The van der Waals surface area contributed by atoms with Gasteiger partial charge in [-0.3, -0.25) is 14.2 Å². The number of benzene rings is 2. The van der Waals surface area contributed by atoms with Crippen molar-refractivity contribution >= 4 is 23.0 Å². The van der Waals surface area contributed by atoms with Crippen molar-refractivity contribution < 1.29 is 18.7 Å². The molecule has 2 N–H and O–H groups in total. The first kappa shape index (κ1) is 22.8. The number of fused-ring (bicyclic) bond motifs is 1. The van der Waals surface area contributed by atoms with E-state index in [1.165, 1.54) is 22.8 Å². The van der Waals surface area contributed by atoms with Gasteiger partial charge in [0.25, 0.3) is 5.91 Å². The van der Waals surface area contributed by atoms with Gasteiger partial charge < -0.3 is 10.5 Å². The molecular weight excluding hydrogens is 441 g/mol. The van der Waals surface area contributed by atoms with E-state index in [1.807, 2.05) is 19.9 Å². The van der Waals surface area contributed by atoms with Gasteiger partial charge in [-0.15, -0.1) is 0 Å². The van der Waals surface area contributed by atoms with Gasteiger partial charge in [0.05, 0.1) is 17.9 Å². The van der Waals surface area contributed by atoms with Crippen LogP contribution in [0.15, 0.2) is 47.3 Å². The molecule has 2 aromatic carbocycles. The van der Waals surface area contributed by atoms with E-state index in [4.69, 9.17) is 10.5 Å². The fourth-order valence-corrected chi connectivity index (χ4v) is 3.67. The molecule has 0 bridgehead atoms. The third kappa shape index (κ3) is 3.94. The van der Waals surface area contributed by atoms with Crippen LogP contribution in [0.5, 0.6) is 0 Å². The highest BCUT2D eigenvalue weighted by Gasteiger charge is 2.26. The van der Waals surface area contributed by atoms with Crippen molar-refractivity contribution in [1.82, 2.24) is 19.1 Å². The number of hydrogen-bond donors (Lipinski definition) is 1. The summed E-state index contributed by atoms with van der Waals surface area (Å²) in [5.74, 6) is -2.37. The van der Waals surface area contributed by atoms with E-state index in [-0.39, 0.29) is 34.9 Å². The molecule has 0 spiro atoms. The highest BCUT2D eigenvalue weighted by atomic mass is 19.1. The van der Waals surface area contributed by atoms with Crippen molar-refractivity contribution in [1.29, 1.82) is 0 Å². The number of nitrogens with two attached hydrogens (primary N) is 1. The largest absolute Gasteiger partial charge is 0.465 e. The Hall–Kier alpha value is -4.34. The van der Waals surface area contributed by atoms with E-state index in [1.54, 1.807) is 25.1 Å². The molecule has 10 heteroatoms. The van der Waals surface area contributed by atoms with Gasteiger partial charge in [-0.1, -0.05) is 18.2 Å². The Balaban J connectivity index is 2.12. The molecule has 2 aromatic heterocycles. The smallest absolute Gasteiger partial charge is 0.335 e. The van der Waals surface area contributed by atoms with Crippen LogP contribution in [0.2, 0.25) is 0 Å². The molecule has 0 saturated carbocycles. The summed E-state index contributed by atoms with van der Waals surface area (Å²) in [4.78, 5) is 46.8. The Labute approximate surface area is 193 Å². The number of aryl methyl sites for hydroxylation is 2. The average molecular weight is 463 g/mol. The molecule has 0 fully saturated rings. The van der Waals surface area contributed by atoms with Crippen LogP contribution < -0.4 is 11.4 Å². The molecule has 0 saturated heterocycles. The highest BCUT2D eigenvalue weighted by Crippen LogP contribution is 2.26. The molecule has 0 atom stereocenters. The van der Waals surface area contributed by atoms with E-state index in [0.29, 0.717) is 5.69 Å². The van der Waals surface area contributed by atoms with Gasteiger partial charge in [-0.25, -0.2) is 23.7 Å². The number of ether oxygens (including phenoxy) is 1. The van der Waals surface area contributed by atoms with Crippen molar-refractivity contribution in [3.63, 3.8) is 0 Å². The van der Waals surface area contributed by atoms with Crippen molar-refractivity contribution in [3.8, 4) is 17.1 Å². The van der Waals surface area contributed by atoms with Crippen LogP contribution in [-0.2, 0) is 16.1 Å². The quantitative estimate of drug-likeness (QED) is 0.439. The first-order valence-electron chi connectivity index (χ1n) is 10.5. The lowest BCUT2D eigenvalue weighted by molar-refractivity contribution is -0.143. The summed E-state index contributed by atoms with van der Waals surface area (Å²) in [6.07, 6.45) is 0. The minimum absolute atomic E-state index is 0.0135. The zero-order chi connectivity index (χ0) is 24.6. The molecule has 174 valence electrons. The fraction of sp³-hybridized carbons (Fsp3) is 0.208. The van der Waals surface area contributed by atoms with Crippen LogP contribution in [0.4, 0.5) is 4.39 Å². The second kappa shape index (κ2) is 8.89. The number of aromatic nitrogens is 4. The van der Waals surface area contributed by atoms with Gasteiger partial charge in [0.15, 0.2) is 17.2 Å². The Bertz CT molecular complexity index is 1510. The standard InChI is InChI=1S/C24H22FN5O4/c1-4-34-18(31)12-29-20-19(21(26)32)27-22(16-7-5-6-8-17(16)25)28-23(20)30(24(29)33)15-10-9-13(2)14(3)11-15/h5-11H,4,12H2,1-3H3,(H2,26,32). The summed E-state index contributed by atoms with van der Waals surface area (Å²) in [6.45, 7) is 5.08. The molecule has 0 aliphatic carbocycles. The van der Waals surface area contributed by atoms with E-state index in [9.17, 15) is 18.8 Å². The normalized spacial score (nSPS) is 11.1. The SMILES string of the molecule is CCOC(=O)Cn1c(=O)n(-c2ccc(C)c(C)c2)c2nc(-c3ccccc3F)nc(C(N)=O)c21. The molecule has 4 aromatic rings. The van der Waals surface area contributed by atoms with Gasteiger partial charge in [0, 0.05) is 0 Å². The number of hydrogen-bond acceptors (Lipinski definition) is 6. The summed E-state index contributed by atoms with van der Waals surface area (Å²) in [5.41, 5.74) is 7.02. The third-order valence-electron chi connectivity index (χ3n) is 5.46. The number of esters is 1. The minimum Gasteiger partial charge on any atom is -0.465 e. The molecule has 0 aliphatic heterocycles. The van der Waals surface area contributed by atoms with Crippen LogP contribution in [0.1, 0.15) is 28.5 Å². The Morgan fingerprint density at radius 1 is 1.09 bits per heavy atom. The Morgan fingerprint density at radius 3 is 2.47 bits per heavy atom. The molecule has 9 nitrogen and oxygen atoms in total. The number of carbonyl (C=O) groups excluding carboxylic acids is 2. The zero-order valence-electron chi connectivity index (χ0n) is 18.8. The fourth-order valence-electron chi connectivity index (χ4n) is 3.67. The van der Waals surface area contributed by atoms with E-state index in [2.05, 4.69) is 9.97 Å². The monoisotopic (exact) mass is 463 g/mol. The van der Waals surface area contributed by atoms with Crippen molar-refractivity contribution in [2.24, 2.45) is 5.73 Å². The molecule has 0 aliphatic rings. The number of nitrogens with zero attached hydrogens (tertiary/aromatic N) is 4. The van der Waals surface area contributed by atoms with Gasteiger partial charge in [0.1, 0.15) is 17.9 Å². The molecule has 0 unspecified atom stereocenters. The lowest BCUT2D eigenvalue weighted by Gasteiger charge is -2.09. The first-order valence-corrected chi connectivity index (χ1v) is 10.5. The van der Waals surface area contributed by atoms with Gasteiger partial charge >= 0.3 is 11.7 Å². The van der Waals surface area contributed by atoms with Crippen LogP contribution in [0.25, 0.3) is 28.2 Å². The summed E-state index contributed by atoms with van der Waals surface area (Å²) in [7, 11) is 0. The predicted octanol–water partition coefficient (Wildman–Crippen LogP) is 2.67. The average Bonchev–Trinajstić information content (AvgIpc) is 3.06. The lowest BCUT2D eigenvalue weighted by Crippen LogP contribution is -2.28. The molecule has 4 rings (SSSR count). The second-order valence-electron chi connectivity index (χ2n) is 7.69. The number of amides is 1. The molecule has 0 radical (unpaired) electrons. The summed E-state index contributed by atoms with van der Waals surface area (Å²) >= 11 is 0. The van der Waals surface area contributed by atoms with Crippen LogP contribution in [-0.4, -0.2) is 37.6 Å². The number of carbonyl (C=O) groups is 2. The van der Waals surface area contributed by atoms with Gasteiger partial charge in [-0.05, 0) is 56.2 Å². The number of imidazole rings is 1. The van der Waals surface area contributed by atoms with Gasteiger partial charge in [-0.2, -0.15) is 0 Å². The topological polar surface area (TPSA) is 122 Å². The predicted molar refractivity (Wildman–Crippen MR) is 123 cm³/mol. The number of rotatable bonds is 6.